The zero-order valence-corrected chi connectivity index (χ0v) is 25.1. The van der Waals surface area contributed by atoms with Crippen molar-refractivity contribution in [3.63, 3.8) is 0 Å². The van der Waals surface area contributed by atoms with Gasteiger partial charge in [-0.3, -0.25) is 15.1 Å². The van der Waals surface area contributed by atoms with E-state index in [0.29, 0.717) is 40.3 Å². The van der Waals surface area contributed by atoms with Crippen LogP contribution in [0.3, 0.4) is 0 Å². The molecule has 0 aliphatic rings. The van der Waals surface area contributed by atoms with E-state index >= 15 is 0 Å². The molecule has 38 heavy (non-hydrogen) atoms. The molecule has 212 valence electrons. The average molecular weight is 568 g/mol. The molecule has 6 nitrogen and oxygen atoms in total. The van der Waals surface area contributed by atoms with Crippen LogP contribution >= 0.6 is 23.2 Å². The molecule has 2 unspecified atom stereocenters. The smallest absolute Gasteiger partial charge is 0.335 e. The summed E-state index contributed by atoms with van der Waals surface area (Å²) < 4.78 is 5.29. The summed E-state index contributed by atoms with van der Waals surface area (Å²) in [5, 5.41) is 16.8. The van der Waals surface area contributed by atoms with Crippen molar-refractivity contribution in [1.29, 1.82) is 5.41 Å². The van der Waals surface area contributed by atoms with Crippen molar-refractivity contribution in [1.82, 2.24) is 4.90 Å². The first-order valence-corrected chi connectivity index (χ1v) is 13.5. The van der Waals surface area contributed by atoms with E-state index < -0.39 is 5.97 Å². The second-order valence-corrected chi connectivity index (χ2v) is 11.0. The molecule has 0 saturated heterocycles. The second kappa shape index (κ2) is 18.9. The van der Waals surface area contributed by atoms with Crippen molar-refractivity contribution < 1.29 is 19.4 Å². The van der Waals surface area contributed by atoms with Crippen molar-refractivity contribution in [2.24, 2.45) is 5.41 Å². The van der Waals surface area contributed by atoms with Crippen LogP contribution < -0.4 is 0 Å². The number of halogens is 2. The molecule has 0 saturated carbocycles. The first-order chi connectivity index (χ1) is 17.8. The van der Waals surface area contributed by atoms with Crippen molar-refractivity contribution in [2.45, 2.75) is 65.5 Å². The monoisotopic (exact) mass is 566 g/mol. The fourth-order valence-corrected chi connectivity index (χ4v) is 4.02. The van der Waals surface area contributed by atoms with E-state index in [1.54, 1.807) is 37.5 Å². The van der Waals surface area contributed by atoms with Gasteiger partial charge in [0.05, 0.1) is 5.56 Å². The van der Waals surface area contributed by atoms with Gasteiger partial charge in [0.15, 0.2) is 6.29 Å². The van der Waals surface area contributed by atoms with Crippen LogP contribution in [0.15, 0.2) is 59.7 Å². The summed E-state index contributed by atoms with van der Waals surface area (Å²) in [4.78, 5) is 23.7. The molecule has 0 aliphatic heterocycles. The normalized spacial score (nSPS) is 13.8. The molecule has 2 atom stereocenters. The number of nitrogens with zero attached hydrogens (tertiary/aromatic N) is 1. The third-order valence-electron chi connectivity index (χ3n) is 6.09. The van der Waals surface area contributed by atoms with Gasteiger partial charge in [0.2, 0.25) is 0 Å². The van der Waals surface area contributed by atoms with Gasteiger partial charge in [-0.05, 0) is 62.4 Å². The largest absolute Gasteiger partial charge is 0.478 e. The van der Waals surface area contributed by atoms with Gasteiger partial charge in [0.25, 0.3) is 0 Å². The molecule has 2 N–H and O–H groups in total. The van der Waals surface area contributed by atoms with Crippen LogP contribution in [0.1, 0.15) is 75.3 Å². The molecule has 1 rings (SSSR count). The quantitative estimate of drug-likeness (QED) is 0.0746. The highest BCUT2D eigenvalue weighted by atomic mass is 35.5. The van der Waals surface area contributed by atoms with Crippen molar-refractivity contribution >= 4 is 41.2 Å². The van der Waals surface area contributed by atoms with Gasteiger partial charge in [0.1, 0.15) is 5.71 Å². The van der Waals surface area contributed by atoms with Crippen molar-refractivity contribution in [3.8, 4) is 0 Å². The van der Waals surface area contributed by atoms with E-state index in [4.69, 9.17) is 38.5 Å². The summed E-state index contributed by atoms with van der Waals surface area (Å²) in [6.07, 6.45) is 8.99. The Morgan fingerprint density at radius 1 is 1.24 bits per heavy atom. The Morgan fingerprint density at radius 2 is 1.84 bits per heavy atom. The second-order valence-electron chi connectivity index (χ2n) is 10.2. The summed E-state index contributed by atoms with van der Waals surface area (Å²) >= 11 is 11.3. The Kier molecular flexibility index (Phi) is 17.8. The number of hydrogen-bond acceptors (Lipinski definition) is 5. The Morgan fingerprint density at radius 3 is 2.29 bits per heavy atom. The highest BCUT2D eigenvalue weighted by Crippen LogP contribution is 2.28. The number of hydrogen-bond donors (Lipinski definition) is 2. The number of benzene rings is 1. The van der Waals surface area contributed by atoms with Gasteiger partial charge < -0.3 is 9.84 Å². The van der Waals surface area contributed by atoms with Crippen LogP contribution in [0.2, 0.25) is 0 Å². The Balaban J connectivity index is 0.000000835. The van der Waals surface area contributed by atoms with E-state index in [1.165, 1.54) is 0 Å². The molecule has 0 fully saturated rings. The number of aldehydes is 1. The summed E-state index contributed by atoms with van der Waals surface area (Å²) in [6, 6.07) is 7.87. The van der Waals surface area contributed by atoms with E-state index in [-0.39, 0.29) is 17.6 Å². The molecule has 8 heteroatoms. The highest BCUT2D eigenvalue weighted by Gasteiger charge is 2.23. The number of ether oxygens (including phenoxy) is 1. The van der Waals surface area contributed by atoms with E-state index in [2.05, 4.69) is 46.2 Å². The third kappa shape index (κ3) is 14.6. The Labute approximate surface area is 238 Å². The van der Waals surface area contributed by atoms with Crippen LogP contribution in [0, 0.1) is 10.8 Å². The number of alkyl halides is 1. The predicted octanol–water partition coefficient (Wildman–Crippen LogP) is 7.68. The zero-order chi connectivity index (χ0) is 29.3. The minimum Gasteiger partial charge on any atom is -0.478 e. The molecular formula is C30H44Cl2N2O4. The molecule has 0 radical (unpaired) electrons. The van der Waals surface area contributed by atoms with Crippen LogP contribution in [-0.4, -0.2) is 60.7 Å². The van der Waals surface area contributed by atoms with Gasteiger partial charge in [0, 0.05) is 48.7 Å². The first kappa shape index (κ1) is 35.8. The van der Waals surface area contributed by atoms with E-state index in [0.717, 1.165) is 31.4 Å². The Hall–Kier alpha value is -2.25. The van der Waals surface area contributed by atoms with Crippen LogP contribution in [0.5, 0.6) is 0 Å². The maximum Gasteiger partial charge on any atom is 0.335 e. The first-order valence-electron chi connectivity index (χ1n) is 12.6. The maximum atomic E-state index is 11.0. The molecule has 0 bridgehead atoms. The lowest BCUT2D eigenvalue weighted by molar-refractivity contribution is -0.102. The van der Waals surface area contributed by atoms with Crippen LogP contribution in [0.4, 0.5) is 0 Å². The molecule has 0 heterocycles. The van der Waals surface area contributed by atoms with Crippen molar-refractivity contribution in [3.05, 3.63) is 70.8 Å². The SMILES string of the molecule is C=CC/C(Cl)=C\C(=C/CCl)C(=N)C=O.COCCC(CCC(C)(C)C)N(C)C(C)c1ccc(C(=O)O)cc1. The number of aromatic carboxylic acids is 1. The zero-order valence-electron chi connectivity index (χ0n) is 23.6. The minimum atomic E-state index is -0.884. The lowest BCUT2D eigenvalue weighted by Gasteiger charge is -2.35. The number of carboxylic acid groups (broad SMARTS) is 1. The molecule has 0 aliphatic carbocycles. The lowest BCUT2D eigenvalue weighted by atomic mass is 9.87. The molecule has 1 aromatic rings. The predicted molar refractivity (Wildman–Crippen MR) is 160 cm³/mol. The minimum absolute atomic E-state index is 0.132. The fourth-order valence-electron chi connectivity index (χ4n) is 3.62. The fraction of sp³-hybridized carbons (Fsp3) is 0.500. The standard InChI is InChI=1S/C20H33NO3.C10H11Cl2NO/c1-15(16-7-9-17(10-8-16)19(22)23)21(5)18(12-14-24-6)11-13-20(2,3)4;1-2-3-9(12)6-8(4-5-11)10(13)7-14/h7-10,15,18H,11-14H2,1-6H3,(H,22,23);2,4,6-7,13H,1,3,5H2/b;8-4+,9-6+,13-10?. The summed E-state index contributed by atoms with van der Waals surface area (Å²) in [5.41, 5.74) is 2.09. The topological polar surface area (TPSA) is 90.7 Å². The Bertz CT molecular complexity index is 950. The van der Waals surface area contributed by atoms with E-state index in [9.17, 15) is 9.59 Å². The molecule has 1 aromatic carbocycles. The lowest BCUT2D eigenvalue weighted by Crippen LogP contribution is -2.35. The number of allylic oxidation sites excluding steroid dienone is 5. The van der Waals surface area contributed by atoms with Crippen molar-refractivity contribution in [2.75, 3.05) is 26.6 Å². The maximum absolute atomic E-state index is 11.0. The number of rotatable bonds is 15. The summed E-state index contributed by atoms with van der Waals surface area (Å²) in [5.74, 6) is -0.647. The van der Waals surface area contributed by atoms with Crippen LogP contribution in [-0.2, 0) is 9.53 Å². The summed E-state index contributed by atoms with van der Waals surface area (Å²) in [6.45, 7) is 13.3. The van der Waals surface area contributed by atoms with Gasteiger partial charge in [-0.15, -0.1) is 18.2 Å². The number of carbonyl (C=O) groups is 2. The van der Waals surface area contributed by atoms with Gasteiger partial charge in [-0.25, -0.2) is 4.79 Å². The van der Waals surface area contributed by atoms with E-state index in [1.807, 2.05) is 12.1 Å². The molecule has 0 amide bonds. The van der Waals surface area contributed by atoms with Gasteiger partial charge >= 0.3 is 5.97 Å². The molecule has 0 spiro atoms. The highest BCUT2D eigenvalue weighted by molar-refractivity contribution is 6.37. The van der Waals surface area contributed by atoms with Crippen LogP contribution in [0.25, 0.3) is 0 Å². The molecule has 0 aromatic heterocycles. The number of carbonyl (C=O) groups excluding carboxylic acids is 1. The average Bonchev–Trinajstić information content (AvgIpc) is 2.87. The summed E-state index contributed by atoms with van der Waals surface area (Å²) in [7, 11) is 3.90. The van der Waals surface area contributed by atoms with Gasteiger partial charge in [-0.2, -0.15) is 0 Å². The molecular weight excluding hydrogens is 523 g/mol. The number of carboxylic acids is 1. The van der Waals surface area contributed by atoms with Gasteiger partial charge in [-0.1, -0.05) is 56.7 Å². The third-order valence-corrected chi connectivity index (χ3v) is 6.50. The number of nitrogens with one attached hydrogen (secondary N) is 1. The number of methoxy groups -OCH3 is 1.